The van der Waals surface area contributed by atoms with Crippen LogP contribution in [0.3, 0.4) is 0 Å². The molecule has 1 aromatic carbocycles. The number of alkyl halides is 4. The van der Waals surface area contributed by atoms with Gasteiger partial charge in [0.1, 0.15) is 5.75 Å². The van der Waals surface area contributed by atoms with Crippen molar-refractivity contribution in [3.63, 3.8) is 0 Å². The van der Waals surface area contributed by atoms with Gasteiger partial charge in [-0.25, -0.2) is 0 Å². The van der Waals surface area contributed by atoms with Gasteiger partial charge >= 0.3 is 18.1 Å². The fourth-order valence-electron chi connectivity index (χ4n) is 0.815. The first-order valence-electron chi connectivity index (χ1n) is 3.97. The van der Waals surface area contributed by atoms with Gasteiger partial charge in [-0.2, -0.15) is 22.0 Å². The summed E-state index contributed by atoms with van der Waals surface area (Å²) in [5, 5.41) is 0. The van der Waals surface area contributed by atoms with Crippen LogP contribution in [-0.2, 0) is 4.79 Å². The number of benzene rings is 1. The second-order valence-electron chi connectivity index (χ2n) is 2.78. The smallest absolute Gasteiger partial charge is 0.428 e. The van der Waals surface area contributed by atoms with Gasteiger partial charge in [-0.1, -0.05) is 18.2 Å². The average Bonchev–Trinajstić information content (AvgIpc) is 2.18. The molecule has 16 heavy (non-hydrogen) atoms. The Hall–Kier alpha value is -1.66. The van der Waals surface area contributed by atoms with E-state index < -0.39 is 23.8 Å². The highest BCUT2D eigenvalue weighted by Gasteiger charge is 2.65. The van der Waals surface area contributed by atoms with Crippen LogP contribution in [0.15, 0.2) is 30.3 Å². The van der Waals surface area contributed by atoms with E-state index in [9.17, 15) is 26.7 Å². The first-order valence-corrected chi connectivity index (χ1v) is 3.97. The Morgan fingerprint density at radius 3 is 2.00 bits per heavy atom. The van der Waals surface area contributed by atoms with Crippen LogP contribution in [0.2, 0.25) is 0 Å². The monoisotopic (exact) mass is 240 g/mol. The third kappa shape index (κ3) is 2.29. The van der Waals surface area contributed by atoms with Gasteiger partial charge in [0.05, 0.1) is 0 Å². The van der Waals surface area contributed by atoms with E-state index in [0.717, 1.165) is 12.1 Å². The van der Waals surface area contributed by atoms with Gasteiger partial charge < -0.3 is 4.74 Å². The zero-order valence-electron chi connectivity index (χ0n) is 7.59. The van der Waals surface area contributed by atoms with Crippen LogP contribution in [0.5, 0.6) is 5.75 Å². The summed E-state index contributed by atoms with van der Waals surface area (Å²) in [7, 11) is 0. The highest BCUT2D eigenvalue weighted by Crippen LogP contribution is 2.37. The minimum absolute atomic E-state index is 0.603. The fourth-order valence-corrected chi connectivity index (χ4v) is 0.815. The van der Waals surface area contributed by atoms with Gasteiger partial charge in [-0.3, -0.25) is 4.79 Å². The van der Waals surface area contributed by atoms with Crippen molar-refractivity contribution in [2.45, 2.75) is 12.0 Å². The summed E-state index contributed by atoms with van der Waals surface area (Å²) in [4.78, 5) is 9.73. The van der Waals surface area contributed by atoms with Crippen LogP contribution >= 0.6 is 0 Å². The fraction of sp³-hybridized carbons (Fsp3) is 0.222. The van der Waals surface area contributed by atoms with Gasteiger partial charge in [0, 0.05) is 0 Å². The predicted octanol–water partition coefficient (Wildman–Crippen LogP) is 2.79. The molecule has 0 aliphatic rings. The van der Waals surface area contributed by atoms with E-state index >= 15 is 0 Å². The van der Waals surface area contributed by atoms with E-state index in [1.807, 2.05) is 0 Å². The van der Waals surface area contributed by atoms with Crippen molar-refractivity contribution < 1.29 is 31.5 Å². The predicted molar refractivity (Wildman–Crippen MR) is 43.1 cm³/mol. The number of hydrogen-bond donors (Lipinski definition) is 0. The van der Waals surface area contributed by atoms with Gasteiger partial charge in [-0.05, 0) is 12.1 Å². The van der Waals surface area contributed by atoms with E-state index in [-0.39, 0.29) is 0 Å². The van der Waals surface area contributed by atoms with Gasteiger partial charge in [0.25, 0.3) is 0 Å². The maximum absolute atomic E-state index is 12.7. The van der Waals surface area contributed by atoms with E-state index in [1.165, 1.54) is 18.2 Å². The second-order valence-corrected chi connectivity index (χ2v) is 2.78. The number of ether oxygens (including phenoxy) is 1. The summed E-state index contributed by atoms with van der Waals surface area (Å²) < 4.78 is 65.5. The zero-order valence-corrected chi connectivity index (χ0v) is 7.59. The lowest BCUT2D eigenvalue weighted by Gasteiger charge is -2.22. The topological polar surface area (TPSA) is 26.3 Å². The summed E-state index contributed by atoms with van der Waals surface area (Å²) in [5.74, 6) is -6.11. The van der Waals surface area contributed by atoms with Crippen molar-refractivity contribution in [2.24, 2.45) is 0 Å². The van der Waals surface area contributed by atoms with Crippen LogP contribution in [0.1, 0.15) is 0 Å². The molecule has 0 atom stereocenters. The van der Waals surface area contributed by atoms with E-state index in [1.54, 1.807) is 0 Å². The summed E-state index contributed by atoms with van der Waals surface area (Å²) in [6.07, 6.45) is -5.24. The van der Waals surface area contributed by atoms with Crippen LogP contribution in [-0.4, -0.2) is 18.1 Å². The first-order chi connectivity index (χ1) is 7.27. The number of carbonyl (C=O) groups excluding carboxylic acids is 1. The minimum atomic E-state index is -5.51. The van der Waals surface area contributed by atoms with Crippen LogP contribution in [0, 0.1) is 0 Å². The van der Waals surface area contributed by atoms with E-state index in [4.69, 9.17) is 0 Å². The normalized spacial score (nSPS) is 12.3. The number of rotatable bonds is 4. The largest absolute Gasteiger partial charge is 0.475 e. The lowest BCUT2D eigenvalue weighted by molar-refractivity contribution is -0.298. The highest BCUT2D eigenvalue weighted by atomic mass is 19.3. The Kier molecular flexibility index (Phi) is 3.16. The Bertz CT molecular complexity index is 377. The molecule has 0 spiro atoms. The molecule has 1 rings (SSSR count). The summed E-state index contributed by atoms with van der Waals surface area (Å²) in [6.45, 7) is 0. The van der Waals surface area contributed by atoms with E-state index in [0.29, 0.717) is 0 Å². The minimum Gasteiger partial charge on any atom is -0.428 e. The third-order valence-corrected chi connectivity index (χ3v) is 1.60. The zero-order chi connectivity index (χ0) is 12.4. The molecule has 0 aliphatic heterocycles. The average molecular weight is 240 g/mol. The Morgan fingerprint density at radius 1 is 1.06 bits per heavy atom. The lowest BCUT2D eigenvalue weighted by Crippen LogP contribution is -2.49. The Labute approximate surface area is 86.6 Å². The summed E-state index contributed by atoms with van der Waals surface area (Å²) >= 11 is 0. The molecule has 0 aromatic heterocycles. The van der Waals surface area contributed by atoms with Crippen molar-refractivity contribution >= 4 is 6.04 Å². The van der Waals surface area contributed by atoms with Crippen molar-refractivity contribution in [3.05, 3.63) is 30.3 Å². The number of hydrogen-bond acceptors (Lipinski definition) is 2. The number of halogens is 5. The quantitative estimate of drug-likeness (QED) is 0.597. The second kappa shape index (κ2) is 4.07. The molecule has 0 unspecified atom stereocenters. The third-order valence-electron chi connectivity index (χ3n) is 1.60. The SMILES string of the molecule is O=C(F)C(F)(F)C(F)(F)Oc1ccccc1. The molecule has 0 heterocycles. The molecule has 0 fully saturated rings. The van der Waals surface area contributed by atoms with Crippen LogP contribution in [0.25, 0.3) is 0 Å². The maximum atomic E-state index is 12.7. The molecule has 7 heteroatoms. The molecular weight excluding hydrogens is 235 g/mol. The first kappa shape index (κ1) is 12.4. The van der Waals surface area contributed by atoms with Crippen molar-refractivity contribution in [1.29, 1.82) is 0 Å². The number of carbonyl (C=O) groups is 1. The highest BCUT2D eigenvalue weighted by molar-refractivity contribution is 5.77. The van der Waals surface area contributed by atoms with Crippen LogP contribution in [0.4, 0.5) is 22.0 Å². The summed E-state index contributed by atoms with van der Waals surface area (Å²) in [5.41, 5.74) is 0. The van der Waals surface area contributed by atoms with Crippen molar-refractivity contribution in [1.82, 2.24) is 0 Å². The van der Waals surface area contributed by atoms with Gasteiger partial charge in [-0.15, -0.1) is 0 Å². The van der Waals surface area contributed by atoms with E-state index in [2.05, 4.69) is 4.74 Å². The Balaban J connectivity index is 2.92. The standard InChI is InChI=1S/C9H5F5O2/c10-7(15)8(11,12)9(13,14)16-6-4-2-1-3-5-6/h1-5H. The van der Waals surface area contributed by atoms with Gasteiger partial charge in [0.2, 0.25) is 0 Å². The van der Waals surface area contributed by atoms with Crippen molar-refractivity contribution in [3.8, 4) is 5.75 Å². The molecule has 0 aliphatic carbocycles. The molecule has 0 saturated heterocycles. The molecule has 2 nitrogen and oxygen atoms in total. The van der Waals surface area contributed by atoms with Gasteiger partial charge in [0.15, 0.2) is 0 Å². The molecule has 0 N–H and O–H groups in total. The molecular formula is C9H5F5O2. The molecule has 88 valence electrons. The lowest BCUT2D eigenvalue weighted by atomic mass is 10.3. The maximum Gasteiger partial charge on any atom is 0.475 e. The van der Waals surface area contributed by atoms with Crippen LogP contribution < -0.4 is 4.74 Å². The molecule has 0 amide bonds. The molecule has 0 saturated carbocycles. The molecule has 0 radical (unpaired) electrons. The van der Waals surface area contributed by atoms with Crippen molar-refractivity contribution in [2.75, 3.05) is 0 Å². The number of para-hydroxylation sites is 1. The summed E-state index contributed by atoms with van der Waals surface area (Å²) in [6, 6.07) is 2.42. The molecule has 0 bridgehead atoms. The molecule has 1 aromatic rings. The Morgan fingerprint density at radius 2 is 1.56 bits per heavy atom.